The molecule has 0 aliphatic carbocycles. The van der Waals surface area contributed by atoms with Crippen molar-refractivity contribution in [2.24, 2.45) is 30.7 Å². The highest BCUT2D eigenvalue weighted by Gasteiger charge is 2.29. The lowest BCUT2D eigenvalue weighted by Gasteiger charge is -2.16. The number of benzene rings is 9. The first-order valence-corrected chi connectivity index (χ1v) is 47.3. The number of halogens is 2. The van der Waals surface area contributed by atoms with Crippen LogP contribution in [0.25, 0.3) is 21.5 Å². The molecule has 0 unspecified atom stereocenters. The number of sulfone groups is 2. The zero-order valence-electron chi connectivity index (χ0n) is 64.9. The number of nitrogens with one attached hydrogen (secondary N) is 4. The summed E-state index contributed by atoms with van der Waals surface area (Å²) in [4.78, 5) is 47.9. The van der Waals surface area contributed by atoms with E-state index in [1.807, 2.05) is 0 Å². The number of azo groups is 3. The monoisotopic (exact) mass is 2020 g/mol. The van der Waals surface area contributed by atoms with Crippen molar-refractivity contribution in [3.63, 3.8) is 0 Å². The molecule has 0 bridgehead atoms. The highest BCUT2D eigenvalue weighted by Crippen LogP contribution is 2.51. The number of fused-ring (bicyclic) bond motifs is 2. The number of carbonyl (C=O) groups excluding carboxylic acids is 2. The largest absolute Gasteiger partial charge is 0.505 e. The average Bonchev–Trinajstić information content (AvgIpc) is 0.754. The summed E-state index contributed by atoms with van der Waals surface area (Å²) in [6.45, 7) is -0.000859. The number of carbonyl (C=O) groups is 2. The fourth-order valence-corrected chi connectivity index (χ4v) is 18.1. The number of aromatic nitrogens is 6. The Labute approximate surface area is 759 Å². The van der Waals surface area contributed by atoms with Gasteiger partial charge in [0.15, 0.2) is 31.2 Å². The third-order valence-electron chi connectivity index (χ3n) is 16.6. The summed E-state index contributed by atoms with van der Waals surface area (Å²) in [5.74, 6) is -5.55. The highest BCUT2D eigenvalue weighted by molar-refractivity contribution is 7.97. The molecular weight excluding hydrogens is 1960 g/mol. The van der Waals surface area contributed by atoms with E-state index in [4.69, 9.17) is 57.8 Å². The van der Waals surface area contributed by atoms with E-state index in [1.165, 1.54) is 61.7 Å². The van der Waals surface area contributed by atoms with Crippen LogP contribution in [0, 0.1) is 0 Å². The maximum atomic E-state index is 13.7. The molecule has 129 heavy (non-hydrogen) atoms. The first-order valence-electron chi connectivity index (χ1n) is 34.7. The topological polar surface area (TPSA) is 742 Å². The summed E-state index contributed by atoms with van der Waals surface area (Å²) in [5.41, 5.74) is 4.36. The number of ether oxygens (including phenoxy) is 1. The molecule has 0 saturated heterocycles. The maximum Gasteiger partial charge on any atom is 0.330 e. The fourth-order valence-electron chi connectivity index (χ4n) is 11.0. The van der Waals surface area contributed by atoms with E-state index >= 15 is 0 Å². The number of rotatable bonds is 43. The van der Waals surface area contributed by atoms with E-state index in [-0.39, 0.29) is 154 Å². The van der Waals surface area contributed by atoms with Gasteiger partial charge in [-0.1, -0.05) is 21.2 Å². The normalized spacial score (nSPS) is 12.1. The minimum Gasteiger partial charge on any atom is -0.505 e. The number of nitrogen functional groups attached to an aromatic ring is 1. The summed E-state index contributed by atoms with van der Waals surface area (Å²) >= 11 is 15.1. The molecule has 61 heteroatoms. The molecule has 0 saturated carbocycles. The Kier molecular flexibility index (Phi) is 36.0. The molecule has 9 aromatic carbocycles. The van der Waals surface area contributed by atoms with Gasteiger partial charge in [0.05, 0.1) is 87.0 Å². The number of phenols is 2. The van der Waals surface area contributed by atoms with E-state index < -0.39 is 133 Å². The third-order valence-corrected chi connectivity index (χ3v) is 26.1. The number of aromatic hydroxyl groups is 2. The number of hydrogen-bond acceptors (Lipinski definition) is 49. The molecule has 49 nitrogen and oxygen atoms in total. The van der Waals surface area contributed by atoms with Gasteiger partial charge in [0.25, 0.3) is 30.4 Å². The van der Waals surface area contributed by atoms with Crippen LogP contribution in [0.15, 0.2) is 211 Å². The van der Waals surface area contributed by atoms with Crippen molar-refractivity contribution >= 4 is 253 Å². The lowest BCUT2D eigenvalue weighted by atomic mass is 10.1. The number of nitrogens with zero attached hydrogens (tertiary/aromatic N) is 13. The number of anilines is 9. The lowest BCUT2D eigenvalue weighted by molar-refractivity contribution is -0.432. The maximum absolute atomic E-state index is 13.7. The molecule has 0 amide bonds. The van der Waals surface area contributed by atoms with Crippen LogP contribution in [0.4, 0.5) is 86.4 Å². The summed E-state index contributed by atoms with van der Waals surface area (Å²) in [5, 5.41) is 93.9. The number of methoxy groups -OCH3 is 1. The molecule has 0 aliphatic rings. The summed E-state index contributed by atoms with van der Waals surface area (Å²) < 4.78 is 191. The molecule has 0 aliphatic heterocycles. The second-order valence-electron chi connectivity index (χ2n) is 25.3. The first-order chi connectivity index (χ1) is 60.3. The Hall–Kier alpha value is -10.9. The van der Waals surface area contributed by atoms with E-state index in [1.54, 1.807) is 60.5 Å². The van der Waals surface area contributed by atoms with Crippen molar-refractivity contribution in [3.05, 3.63) is 162 Å². The minimum atomic E-state index is -5.32. The van der Waals surface area contributed by atoms with Gasteiger partial charge in [0.1, 0.15) is 60.4 Å². The van der Waals surface area contributed by atoms with Crippen LogP contribution < -0.4 is 31.7 Å². The van der Waals surface area contributed by atoms with Gasteiger partial charge in [0.2, 0.25) is 34.4 Å². The third kappa shape index (κ3) is 28.6. The van der Waals surface area contributed by atoms with Gasteiger partial charge in [-0.3, -0.25) is 23.2 Å². The highest BCUT2D eigenvalue weighted by atomic mass is 35.5. The smallest absolute Gasteiger partial charge is 0.330 e. The van der Waals surface area contributed by atoms with Crippen molar-refractivity contribution in [2.75, 3.05) is 77.3 Å². The molecule has 0 atom stereocenters. The Balaban J connectivity index is 0.00000938. The molecule has 2 aromatic heterocycles. The van der Waals surface area contributed by atoms with Gasteiger partial charge in [-0.15, -0.1) is 38.6 Å². The van der Waals surface area contributed by atoms with Crippen molar-refractivity contribution in [1.29, 1.82) is 0 Å². The predicted molar refractivity (Wildman–Crippen MR) is 467 cm³/mol. The molecule has 2 heterocycles. The van der Waals surface area contributed by atoms with Gasteiger partial charge in [0, 0.05) is 68.6 Å². The standard InChI is InChI=1S/C68H60Cl2N18O29S10.2H2O/c1-88(22-3-24-123(96,97)34-35-4-20-49(109-2)47(26-35)83-87-59-52(126(103,104)105)29-36-27-41(11-19-46(36)61(59)91)74-67-78-63(69)76-65(80-67)72-38-5-13-43(14-6-38)120-110-54(89)32-118-115-112-93)23-25-124(98,99)45-17-9-40(10-18-45)82-86-60-53(127(106,107)108)30-37-28-50(122-117-114-95)58(57(71)56(37)62(60)92)85-84-48-31-42(12-21-51(48)125(100,101)102)75-68-79-64(70)77-66(81-68)73-39-7-15-44(16-8-39)121-111-55(90)33-119-116-113-94;;/h4-21,26-31,91-95H,3,22-25,32-34,71H2,1-2H3,(H,100,101,102)(H,103,104,105)(H,106,107,108)(H2,72,74,76,78,80)(H2,73,75,77,79,81);2*1H2. The predicted octanol–water partition coefficient (Wildman–Crippen LogP) is 13.4. The molecule has 11 aromatic rings. The van der Waals surface area contributed by atoms with Crippen LogP contribution in [-0.4, -0.2) is 190 Å². The molecule has 0 radical (unpaired) electrons. The Morgan fingerprint density at radius 1 is 0.496 bits per heavy atom. The van der Waals surface area contributed by atoms with Crippen molar-refractivity contribution < 1.29 is 143 Å². The number of phenolic OH excluding ortho intramolecular Hbond substituents is 2. The summed E-state index contributed by atoms with van der Waals surface area (Å²) in [7, 11) is -20.8. The minimum absolute atomic E-state index is 0. The summed E-state index contributed by atoms with van der Waals surface area (Å²) in [6, 6.07) is 31.7. The molecule has 18 N–H and O–H groups in total. The van der Waals surface area contributed by atoms with E-state index in [0.29, 0.717) is 45.3 Å². The molecule has 0 fully saturated rings. The molecule has 0 spiro atoms. The summed E-state index contributed by atoms with van der Waals surface area (Å²) in [6.07, 6.45) is 0.0271. The van der Waals surface area contributed by atoms with Crippen molar-refractivity contribution in [3.8, 4) is 17.2 Å². The van der Waals surface area contributed by atoms with E-state index in [0.717, 1.165) is 66.6 Å². The SMILES string of the molecule is COc1ccc(CS(=O)(=O)CCCN(C)CCS(=O)(=O)c2ccc(N=Nc3c(S(=O)(=O)O)cc4cc(SOOO)c(N=Nc5cc(Nc6nc(Cl)nc(Nc7ccc(SOC(=O)CSOOO)cc7)n6)ccc5S(=O)(=O)O)c(N)c4c3O)cc2)cc1N=Nc1c(S(=O)(=O)O)cc2cc(Nc3nc(Cl)nc(Nc4ccc(SOC(=O)CSOOO)cc4)n3)ccc2c1O.O.O. The van der Waals surface area contributed by atoms with Crippen molar-refractivity contribution in [1.82, 2.24) is 34.8 Å². The van der Waals surface area contributed by atoms with Crippen LogP contribution in [0.2, 0.25) is 10.6 Å². The second-order valence-corrected chi connectivity index (χ2v) is 38.1. The lowest BCUT2D eigenvalue weighted by Crippen LogP contribution is -2.28. The Morgan fingerprint density at radius 3 is 1.50 bits per heavy atom. The van der Waals surface area contributed by atoms with Crippen LogP contribution in [-0.2, 0) is 102 Å². The van der Waals surface area contributed by atoms with Gasteiger partial charge in [-0.25, -0.2) is 32.6 Å². The average molecular weight is 2020 g/mol. The van der Waals surface area contributed by atoms with E-state index in [2.05, 4.69) is 110 Å². The van der Waals surface area contributed by atoms with Crippen LogP contribution >= 0.6 is 83.4 Å². The number of nitrogens with two attached hydrogens (primary N) is 1. The zero-order chi connectivity index (χ0) is 91.5. The van der Waals surface area contributed by atoms with Gasteiger partial charge >= 0.3 is 11.9 Å². The van der Waals surface area contributed by atoms with Gasteiger partial charge < -0.3 is 66.2 Å². The van der Waals surface area contributed by atoms with Gasteiger partial charge in [-0.2, -0.15) is 60.3 Å². The number of hydrogen-bond donors (Lipinski definition) is 13. The molecule has 11 rings (SSSR count). The molecular formula is C68H64Cl2N18O31S10. The van der Waals surface area contributed by atoms with Crippen LogP contribution in [0.3, 0.4) is 0 Å². The Bertz CT molecular complexity index is 6670. The molecule has 686 valence electrons. The first kappa shape index (κ1) is 102. The van der Waals surface area contributed by atoms with Gasteiger partial charge in [-0.05, 0) is 199 Å². The van der Waals surface area contributed by atoms with Crippen molar-refractivity contribution in [2.45, 2.75) is 46.4 Å². The van der Waals surface area contributed by atoms with Crippen LogP contribution in [0.1, 0.15) is 12.0 Å². The fraction of sp³-hybridized carbons (Fsp3) is 0.147. The quantitative estimate of drug-likeness (QED) is 0.00321. The van der Waals surface area contributed by atoms with E-state index in [9.17, 15) is 75.5 Å². The van der Waals surface area contributed by atoms with Crippen LogP contribution in [0.5, 0.6) is 17.2 Å². The second kappa shape index (κ2) is 45.6. The zero-order valence-corrected chi connectivity index (χ0v) is 74.6. The Morgan fingerprint density at radius 2 is 0.977 bits per heavy atom.